The number of aromatic nitrogens is 1. The van der Waals surface area contributed by atoms with E-state index in [0.717, 1.165) is 16.1 Å². The van der Waals surface area contributed by atoms with Gasteiger partial charge in [0.2, 0.25) is 0 Å². The van der Waals surface area contributed by atoms with Crippen LogP contribution in [0.3, 0.4) is 0 Å². The number of anilines is 1. The van der Waals surface area contributed by atoms with Gasteiger partial charge >= 0.3 is 0 Å². The number of pyridine rings is 1. The van der Waals surface area contributed by atoms with Crippen LogP contribution in [0.15, 0.2) is 58.8 Å². The Morgan fingerprint density at radius 3 is 2.90 bits per heavy atom. The highest BCUT2D eigenvalue weighted by atomic mass is 32.2. The summed E-state index contributed by atoms with van der Waals surface area (Å²) in [5.74, 6) is -0.199. The number of rotatable bonds is 6. The molecule has 0 fully saturated rings. The minimum Gasteiger partial charge on any atom is -0.376 e. The Labute approximate surface area is 127 Å². The highest BCUT2D eigenvalue weighted by molar-refractivity contribution is 7.98. The van der Waals surface area contributed by atoms with Gasteiger partial charge in [0.05, 0.1) is 12.8 Å². The van der Waals surface area contributed by atoms with Gasteiger partial charge in [0.15, 0.2) is 0 Å². The molecule has 0 saturated heterocycles. The van der Waals surface area contributed by atoms with Crippen LogP contribution >= 0.6 is 11.8 Å². The van der Waals surface area contributed by atoms with Crippen LogP contribution < -0.4 is 10.7 Å². The van der Waals surface area contributed by atoms with Gasteiger partial charge in [0.25, 0.3) is 5.91 Å². The Morgan fingerprint density at radius 2 is 2.14 bits per heavy atom. The average molecular weight is 300 g/mol. The molecule has 0 saturated carbocycles. The first-order valence-electron chi connectivity index (χ1n) is 6.38. The second-order valence-electron chi connectivity index (χ2n) is 4.16. The third-order valence-corrected chi connectivity index (χ3v) is 3.36. The predicted molar refractivity (Wildman–Crippen MR) is 86.7 cm³/mol. The van der Waals surface area contributed by atoms with E-state index in [1.54, 1.807) is 30.4 Å². The summed E-state index contributed by atoms with van der Waals surface area (Å²) in [7, 11) is 0. The lowest BCUT2D eigenvalue weighted by Gasteiger charge is -2.06. The molecule has 0 aliphatic rings. The third kappa shape index (κ3) is 5.27. The summed E-state index contributed by atoms with van der Waals surface area (Å²) in [4.78, 5) is 16.7. The van der Waals surface area contributed by atoms with Crippen LogP contribution in [0.1, 0.15) is 5.56 Å². The molecule has 1 aromatic heterocycles. The molecule has 0 aliphatic carbocycles. The van der Waals surface area contributed by atoms with Crippen LogP contribution in [0.5, 0.6) is 0 Å². The van der Waals surface area contributed by atoms with Crippen molar-refractivity contribution in [2.24, 2.45) is 5.10 Å². The minimum atomic E-state index is -0.199. The maximum Gasteiger partial charge on any atom is 0.259 e. The quantitative estimate of drug-likeness (QED) is 0.488. The summed E-state index contributed by atoms with van der Waals surface area (Å²) in [6.45, 7) is 0.172. The van der Waals surface area contributed by atoms with Gasteiger partial charge in [-0.2, -0.15) is 5.10 Å². The summed E-state index contributed by atoms with van der Waals surface area (Å²) in [5.41, 5.74) is 4.27. The van der Waals surface area contributed by atoms with E-state index in [-0.39, 0.29) is 12.5 Å². The second kappa shape index (κ2) is 8.06. The molecule has 21 heavy (non-hydrogen) atoms. The fourth-order valence-electron chi connectivity index (χ4n) is 1.58. The lowest BCUT2D eigenvalue weighted by atomic mass is 10.3. The number of hydrogen-bond donors (Lipinski definition) is 2. The zero-order valence-electron chi connectivity index (χ0n) is 11.6. The maximum atomic E-state index is 11.7. The lowest BCUT2D eigenvalue weighted by Crippen LogP contribution is -2.25. The van der Waals surface area contributed by atoms with Crippen LogP contribution in [-0.2, 0) is 4.79 Å². The van der Waals surface area contributed by atoms with Gasteiger partial charge in [0.1, 0.15) is 0 Å². The van der Waals surface area contributed by atoms with Crippen molar-refractivity contribution in [3.05, 3.63) is 54.4 Å². The molecule has 1 amide bonds. The Balaban J connectivity index is 1.78. The molecule has 0 unspecified atom stereocenters. The molecule has 2 rings (SSSR count). The van der Waals surface area contributed by atoms with Crippen molar-refractivity contribution in [1.82, 2.24) is 10.4 Å². The Bertz CT molecular complexity index is 616. The fourth-order valence-corrected chi connectivity index (χ4v) is 2.04. The van der Waals surface area contributed by atoms with Gasteiger partial charge in [-0.05, 0) is 42.2 Å². The summed E-state index contributed by atoms with van der Waals surface area (Å²) < 4.78 is 0. The molecule has 0 bridgehead atoms. The van der Waals surface area contributed by atoms with Gasteiger partial charge in [-0.1, -0.05) is 6.07 Å². The highest BCUT2D eigenvalue weighted by Crippen LogP contribution is 2.18. The van der Waals surface area contributed by atoms with Crippen molar-refractivity contribution in [3.63, 3.8) is 0 Å². The molecular weight excluding hydrogens is 284 g/mol. The fraction of sp³-hybridized carbons (Fsp3) is 0.133. The highest BCUT2D eigenvalue weighted by Gasteiger charge is 2.00. The summed E-state index contributed by atoms with van der Waals surface area (Å²) in [5, 5.41) is 6.95. The average Bonchev–Trinajstić information content (AvgIpc) is 2.54. The summed E-state index contributed by atoms with van der Waals surface area (Å²) >= 11 is 1.66. The number of amides is 1. The van der Waals surface area contributed by atoms with Crippen molar-refractivity contribution in [2.45, 2.75) is 4.90 Å². The van der Waals surface area contributed by atoms with Crippen LogP contribution in [0, 0.1) is 0 Å². The molecule has 0 atom stereocenters. The monoisotopic (exact) mass is 300 g/mol. The van der Waals surface area contributed by atoms with Gasteiger partial charge in [-0.3, -0.25) is 9.78 Å². The number of nitrogens with zero attached hydrogens (tertiary/aromatic N) is 2. The number of nitrogens with one attached hydrogen (secondary N) is 2. The molecular formula is C15H16N4OS. The van der Waals surface area contributed by atoms with Crippen molar-refractivity contribution < 1.29 is 4.79 Å². The van der Waals surface area contributed by atoms with E-state index in [1.807, 2.05) is 42.7 Å². The zero-order valence-corrected chi connectivity index (χ0v) is 12.4. The lowest BCUT2D eigenvalue weighted by molar-refractivity contribution is -0.119. The van der Waals surface area contributed by atoms with Gasteiger partial charge < -0.3 is 5.32 Å². The summed E-state index contributed by atoms with van der Waals surface area (Å²) in [6, 6.07) is 11.5. The normalized spacial score (nSPS) is 10.5. The van der Waals surface area contributed by atoms with Gasteiger partial charge in [0, 0.05) is 23.0 Å². The van der Waals surface area contributed by atoms with Crippen molar-refractivity contribution in [1.29, 1.82) is 0 Å². The maximum absolute atomic E-state index is 11.7. The number of carbonyl (C=O) groups excluding carboxylic acids is 1. The molecule has 0 spiro atoms. The molecule has 108 valence electrons. The molecule has 2 aromatic rings. The SMILES string of the molecule is CSc1cccc(NCC(=O)NN=Cc2ccncc2)c1. The van der Waals surface area contributed by atoms with E-state index in [1.165, 1.54) is 0 Å². The number of hydrogen-bond acceptors (Lipinski definition) is 5. The van der Waals surface area contributed by atoms with Crippen LogP contribution in [0.4, 0.5) is 5.69 Å². The minimum absolute atomic E-state index is 0.172. The smallest absolute Gasteiger partial charge is 0.259 e. The first kappa shape index (κ1) is 15.1. The first-order chi connectivity index (χ1) is 10.3. The molecule has 1 aromatic carbocycles. The number of hydrazone groups is 1. The second-order valence-corrected chi connectivity index (χ2v) is 5.04. The molecule has 2 N–H and O–H groups in total. The predicted octanol–water partition coefficient (Wildman–Crippen LogP) is 2.37. The van der Waals surface area contributed by atoms with Crippen molar-refractivity contribution >= 4 is 29.6 Å². The van der Waals surface area contributed by atoms with Crippen molar-refractivity contribution in [3.8, 4) is 0 Å². The largest absolute Gasteiger partial charge is 0.376 e. The Hall–Kier alpha value is -2.34. The zero-order chi connectivity index (χ0) is 14.9. The van der Waals surface area contributed by atoms with E-state index in [4.69, 9.17) is 0 Å². The standard InChI is InChI=1S/C15H16N4OS/c1-21-14-4-2-3-13(9-14)17-11-15(20)19-18-10-12-5-7-16-8-6-12/h2-10,17H,11H2,1H3,(H,19,20). The van der Waals surface area contributed by atoms with Crippen LogP contribution in [0.25, 0.3) is 0 Å². The van der Waals surface area contributed by atoms with E-state index < -0.39 is 0 Å². The molecule has 0 aliphatic heterocycles. The van der Waals surface area contributed by atoms with Gasteiger partial charge in [-0.15, -0.1) is 11.8 Å². The van der Waals surface area contributed by atoms with E-state index in [0.29, 0.717) is 0 Å². The van der Waals surface area contributed by atoms with E-state index in [9.17, 15) is 4.79 Å². The van der Waals surface area contributed by atoms with Crippen LogP contribution in [0.2, 0.25) is 0 Å². The number of benzene rings is 1. The number of carbonyl (C=O) groups is 1. The van der Waals surface area contributed by atoms with Crippen LogP contribution in [-0.4, -0.2) is 29.9 Å². The van der Waals surface area contributed by atoms with Gasteiger partial charge in [-0.25, -0.2) is 5.43 Å². The Morgan fingerprint density at radius 1 is 1.33 bits per heavy atom. The Kier molecular flexibility index (Phi) is 5.78. The number of thioether (sulfide) groups is 1. The van der Waals surface area contributed by atoms with E-state index in [2.05, 4.69) is 20.8 Å². The summed E-state index contributed by atoms with van der Waals surface area (Å²) in [6.07, 6.45) is 6.93. The van der Waals surface area contributed by atoms with E-state index >= 15 is 0 Å². The molecule has 6 heteroatoms. The molecule has 5 nitrogen and oxygen atoms in total. The molecule has 0 radical (unpaired) electrons. The third-order valence-electron chi connectivity index (χ3n) is 2.63. The molecule has 1 heterocycles. The first-order valence-corrected chi connectivity index (χ1v) is 7.60. The van der Waals surface area contributed by atoms with Crippen molar-refractivity contribution in [2.75, 3.05) is 18.1 Å². The topological polar surface area (TPSA) is 66.4 Å².